The molecule has 8 nitrogen and oxygen atoms in total. The SMILES string of the molecule is CCCN(CCCS(=O)(=O)[O-])c1cc(C)c(Cc2c(C)cc(N(CCC)CCCS(=O)(=O)[O-])cc2C)c(C)c1.[Na+].[Na+]. The molecule has 41 heavy (non-hydrogen) atoms. The smallest absolute Gasteiger partial charge is 0.748 e. The van der Waals surface area contributed by atoms with Gasteiger partial charge in [-0.1, -0.05) is 13.8 Å². The molecule has 0 aliphatic rings. The second kappa shape index (κ2) is 18.6. The number of benzene rings is 2. The molecule has 0 atom stereocenters. The third kappa shape index (κ3) is 14.0. The minimum atomic E-state index is -4.22. The summed E-state index contributed by atoms with van der Waals surface area (Å²) in [6.45, 7) is 15.2. The first-order valence-electron chi connectivity index (χ1n) is 13.7. The molecular weight excluding hydrogens is 582 g/mol. The molecule has 12 heteroatoms. The van der Waals surface area contributed by atoms with E-state index in [4.69, 9.17) is 0 Å². The molecule has 0 radical (unpaired) electrons. The summed E-state index contributed by atoms with van der Waals surface area (Å²) < 4.78 is 66.3. The maximum Gasteiger partial charge on any atom is 1.00 e. The van der Waals surface area contributed by atoms with Crippen molar-refractivity contribution in [2.75, 3.05) is 47.5 Å². The van der Waals surface area contributed by atoms with Crippen molar-refractivity contribution in [1.29, 1.82) is 0 Å². The zero-order valence-corrected chi connectivity index (χ0v) is 31.9. The normalized spacial score (nSPS) is 11.5. The Bertz CT molecular complexity index is 1190. The maximum absolute atomic E-state index is 11.1. The number of hydrogen-bond donors (Lipinski definition) is 0. The molecule has 0 spiro atoms. The molecule has 0 unspecified atom stereocenters. The van der Waals surface area contributed by atoms with Crippen LogP contribution in [0, 0.1) is 27.7 Å². The first-order valence-corrected chi connectivity index (χ1v) is 16.9. The van der Waals surface area contributed by atoms with Crippen LogP contribution in [0.4, 0.5) is 11.4 Å². The number of anilines is 2. The summed E-state index contributed by atoms with van der Waals surface area (Å²) in [6, 6.07) is 8.59. The molecule has 0 heterocycles. The van der Waals surface area contributed by atoms with Crippen molar-refractivity contribution in [2.45, 2.75) is 73.6 Å². The van der Waals surface area contributed by atoms with Crippen molar-refractivity contribution in [2.24, 2.45) is 0 Å². The van der Waals surface area contributed by atoms with E-state index >= 15 is 0 Å². The van der Waals surface area contributed by atoms with E-state index < -0.39 is 20.2 Å². The van der Waals surface area contributed by atoms with E-state index in [-0.39, 0.29) is 70.6 Å². The number of hydrogen-bond acceptors (Lipinski definition) is 8. The predicted octanol–water partition coefficient (Wildman–Crippen LogP) is -1.18. The van der Waals surface area contributed by atoms with Crippen LogP contribution in [0.15, 0.2) is 24.3 Å². The van der Waals surface area contributed by atoms with Crippen molar-refractivity contribution < 1.29 is 85.1 Å². The summed E-state index contributed by atoms with van der Waals surface area (Å²) >= 11 is 0. The van der Waals surface area contributed by atoms with Gasteiger partial charge in [0.2, 0.25) is 0 Å². The molecule has 0 aliphatic heterocycles. The predicted molar refractivity (Wildman–Crippen MR) is 158 cm³/mol. The molecule has 0 fully saturated rings. The summed E-state index contributed by atoms with van der Waals surface area (Å²) in [5.74, 6) is -0.712. The molecule has 0 saturated carbocycles. The van der Waals surface area contributed by atoms with Crippen molar-refractivity contribution >= 4 is 31.6 Å². The van der Waals surface area contributed by atoms with Gasteiger partial charge >= 0.3 is 59.1 Å². The van der Waals surface area contributed by atoms with E-state index in [1.54, 1.807) is 0 Å². The van der Waals surface area contributed by atoms with Crippen LogP contribution in [0.1, 0.15) is 72.9 Å². The van der Waals surface area contributed by atoms with Crippen LogP contribution in [0.5, 0.6) is 0 Å². The first-order chi connectivity index (χ1) is 18.1. The largest absolute Gasteiger partial charge is 1.00 e. The Hall–Kier alpha value is -0.140. The second-order valence-electron chi connectivity index (χ2n) is 10.5. The van der Waals surface area contributed by atoms with Gasteiger partial charge < -0.3 is 18.9 Å². The van der Waals surface area contributed by atoms with Gasteiger partial charge in [-0.25, -0.2) is 16.8 Å². The molecule has 0 aliphatic carbocycles. The number of rotatable bonds is 16. The van der Waals surface area contributed by atoms with Crippen LogP contribution in [0.25, 0.3) is 0 Å². The Morgan fingerprint density at radius 1 is 0.585 bits per heavy atom. The molecule has 0 saturated heterocycles. The van der Waals surface area contributed by atoms with Crippen molar-refractivity contribution in [3.05, 3.63) is 57.6 Å². The second-order valence-corrected chi connectivity index (χ2v) is 13.5. The van der Waals surface area contributed by atoms with E-state index in [1.807, 2.05) is 0 Å². The van der Waals surface area contributed by atoms with Gasteiger partial charge in [-0.3, -0.25) is 0 Å². The molecule has 0 amide bonds. The Morgan fingerprint density at radius 2 is 0.878 bits per heavy atom. The Labute approximate surface area is 292 Å². The van der Waals surface area contributed by atoms with Crippen molar-refractivity contribution in [3.63, 3.8) is 0 Å². The number of aryl methyl sites for hydroxylation is 4. The van der Waals surface area contributed by atoms with Crippen LogP contribution in [0.3, 0.4) is 0 Å². The molecular formula is C29H44N2Na2O6S2. The minimum absolute atomic E-state index is 0. The molecule has 0 bridgehead atoms. The molecule has 2 aromatic rings. The maximum atomic E-state index is 11.1. The Balaban J connectivity index is 0.00000800. The average molecular weight is 627 g/mol. The summed E-state index contributed by atoms with van der Waals surface area (Å²) in [4.78, 5) is 4.31. The zero-order chi connectivity index (χ0) is 29.4. The molecule has 2 aromatic carbocycles. The van der Waals surface area contributed by atoms with Gasteiger partial charge in [0, 0.05) is 49.1 Å². The summed E-state index contributed by atoms with van der Waals surface area (Å²) in [5.41, 5.74) is 9.24. The summed E-state index contributed by atoms with van der Waals surface area (Å²) in [7, 11) is -8.44. The van der Waals surface area contributed by atoms with Crippen molar-refractivity contribution in [1.82, 2.24) is 0 Å². The molecule has 0 N–H and O–H groups in total. The van der Waals surface area contributed by atoms with Crippen LogP contribution in [0.2, 0.25) is 0 Å². The molecule has 220 valence electrons. The zero-order valence-electron chi connectivity index (χ0n) is 26.2. The minimum Gasteiger partial charge on any atom is -0.748 e. The van der Waals surface area contributed by atoms with Gasteiger partial charge in [0.25, 0.3) is 0 Å². The topological polar surface area (TPSA) is 121 Å². The van der Waals surface area contributed by atoms with Crippen LogP contribution < -0.4 is 68.9 Å². The standard InChI is InChI=1S/C29H46N2O6S2.2Na/c1-7-11-30(13-9-15-38(32,33)34)26-17-22(3)28(23(4)18-26)21-29-24(5)19-27(20-25(29)6)31(12-8-2)14-10-16-39(35,36)37;;/h17-20H,7-16,21H2,1-6H3,(H,32,33,34)(H,35,36,37);;/q;2*+1/p-2. The third-order valence-electron chi connectivity index (χ3n) is 7.08. The third-order valence-corrected chi connectivity index (χ3v) is 8.65. The fourth-order valence-electron chi connectivity index (χ4n) is 5.18. The Kier molecular flexibility index (Phi) is 18.6. The fourth-order valence-corrected chi connectivity index (χ4v) is 6.15. The number of nitrogens with zero attached hydrogens (tertiary/aromatic N) is 2. The first kappa shape index (κ1) is 40.9. The average Bonchev–Trinajstić information content (AvgIpc) is 2.80. The molecule has 2 rings (SSSR count). The van der Waals surface area contributed by atoms with Crippen molar-refractivity contribution in [3.8, 4) is 0 Å². The monoisotopic (exact) mass is 626 g/mol. The quantitative estimate of drug-likeness (QED) is 0.169. The van der Waals surface area contributed by atoms with Gasteiger partial charge in [-0.2, -0.15) is 0 Å². The van der Waals surface area contributed by atoms with Crippen LogP contribution in [-0.2, 0) is 26.7 Å². The van der Waals surface area contributed by atoms with Crippen LogP contribution in [-0.4, -0.2) is 63.6 Å². The van der Waals surface area contributed by atoms with Gasteiger partial charge in [0.15, 0.2) is 0 Å². The summed E-state index contributed by atoms with van der Waals surface area (Å²) in [5, 5.41) is 0. The van der Waals surface area contributed by atoms with E-state index in [2.05, 4.69) is 75.6 Å². The fraction of sp³-hybridized carbons (Fsp3) is 0.586. The van der Waals surface area contributed by atoms with E-state index in [0.717, 1.165) is 66.0 Å². The van der Waals surface area contributed by atoms with Gasteiger partial charge in [-0.15, -0.1) is 0 Å². The Morgan fingerprint density at radius 3 is 1.12 bits per heavy atom. The van der Waals surface area contributed by atoms with E-state index in [9.17, 15) is 25.9 Å². The van der Waals surface area contributed by atoms with Crippen LogP contribution >= 0.6 is 0 Å². The van der Waals surface area contributed by atoms with E-state index in [0.29, 0.717) is 25.9 Å². The summed E-state index contributed by atoms with van der Waals surface area (Å²) in [6.07, 6.45) is 3.21. The van der Waals surface area contributed by atoms with Gasteiger partial charge in [0.05, 0.1) is 20.2 Å². The van der Waals surface area contributed by atoms with Gasteiger partial charge in [-0.05, 0) is 117 Å². The molecule has 0 aromatic heterocycles. The van der Waals surface area contributed by atoms with Gasteiger partial charge in [0.1, 0.15) is 0 Å². The van der Waals surface area contributed by atoms with E-state index in [1.165, 1.54) is 11.1 Å².